The van der Waals surface area contributed by atoms with Crippen molar-refractivity contribution in [1.82, 2.24) is 20.0 Å². The number of nitro benzene ring substituents is 1. The summed E-state index contributed by atoms with van der Waals surface area (Å²) in [6.07, 6.45) is 0.892. The van der Waals surface area contributed by atoms with Gasteiger partial charge in [-0.3, -0.25) is 10.1 Å². The molecule has 0 N–H and O–H groups in total. The molecule has 0 amide bonds. The van der Waals surface area contributed by atoms with E-state index in [-0.39, 0.29) is 22.5 Å². The maximum absolute atomic E-state index is 11.5. The molecule has 0 saturated carbocycles. The highest BCUT2D eigenvalue weighted by Crippen LogP contribution is 2.27. The lowest BCUT2D eigenvalue weighted by Gasteiger charge is -2.05. The van der Waals surface area contributed by atoms with Gasteiger partial charge in [-0.2, -0.15) is 18.2 Å². The first-order chi connectivity index (χ1) is 12.2. The number of non-ortho nitro benzene ring substituents is 1. The third kappa shape index (κ3) is 3.95. The van der Waals surface area contributed by atoms with Crippen LogP contribution in [0.5, 0.6) is 5.88 Å². The van der Waals surface area contributed by atoms with Crippen LogP contribution in [0.2, 0.25) is 5.15 Å². The van der Waals surface area contributed by atoms with Gasteiger partial charge in [0.15, 0.2) is 11.0 Å². The van der Waals surface area contributed by atoms with Crippen molar-refractivity contribution in [2.75, 3.05) is 6.26 Å². The highest BCUT2D eigenvalue weighted by molar-refractivity contribution is 7.86. The van der Waals surface area contributed by atoms with E-state index in [2.05, 4.69) is 15.3 Å². The monoisotopic (exact) mass is 395 g/mol. The molecule has 0 spiro atoms. The third-order valence-electron chi connectivity index (χ3n) is 3.12. The van der Waals surface area contributed by atoms with Gasteiger partial charge in [-0.05, 0) is 24.3 Å². The molecule has 3 aromatic rings. The fourth-order valence-corrected chi connectivity index (χ4v) is 2.59. The number of benzene rings is 1. The Labute approximate surface area is 152 Å². The molecule has 2 heterocycles. The standard InChI is InChI=1S/C14H10ClN5O5S/c1-26(23,24)25-14-8-11(9-2-4-10(5-3-9)20(21)22)18-19(14)13-7-6-12(15)16-17-13/h2-8H,1H3. The molecule has 0 atom stereocenters. The molecule has 26 heavy (non-hydrogen) atoms. The molecule has 0 aliphatic carbocycles. The van der Waals surface area contributed by atoms with Gasteiger partial charge in [0.1, 0.15) is 0 Å². The van der Waals surface area contributed by atoms with Crippen molar-refractivity contribution in [1.29, 1.82) is 0 Å². The van der Waals surface area contributed by atoms with E-state index in [4.69, 9.17) is 15.8 Å². The van der Waals surface area contributed by atoms with Crippen LogP contribution in [0, 0.1) is 10.1 Å². The van der Waals surface area contributed by atoms with E-state index in [9.17, 15) is 18.5 Å². The van der Waals surface area contributed by atoms with Crippen molar-refractivity contribution in [2.24, 2.45) is 0 Å². The van der Waals surface area contributed by atoms with Crippen LogP contribution < -0.4 is 4.18 Å². The zero-order valence-corrected chi connectivity index (χ0v) is 14.7. The summed E-state index contributed by atoms with van der Waals surface area (Å²) in [7, 11) is -3.83. The Morgan fingerprint density at radius 2 is 1.85 bits per heavy atom. The van der Waals surface area contributed by atoms with E-state index in [1.54, 1.807) is 0 Å². The van der Waals surface area contributed by atoms with Crippen molar-refractivity contribution in [3.8, 4) is 23.0 Å². The van der Waals surface area contributed by atoms with E-state index in [0.29, 0.717) is 11.3 Å². The van der Waals surface area contributed by atoms with Gasteiger partial charge in [-0.1, -0.05) is 11.6 Å². The fraction of sp³-hybridized carbons (Fsp3) is 0.0714. The van der Waals surface area contributed by atoms with Crippen molar-refractivity contribution >= 4 is 27.4 Å². The van der Waals surface area contributed by atoms with Gasteiger partial charge in [0.25, 0.3) is 5.69 Å². The van der Waals surface area contributed by atoms with Gasteiger partial charge in [0.2, 0.25) is 5.88 Å². The topological polar surface area (TPSA) is 130 Å². The van der Waals surface area contributed by atoms with Crippen molar-refractivity contribution in [2.45, 2.75) is 0 Å². The molecule has 0 radical (unpaired) electrons. The quantitative estimate of drug-likeness (QED) is 0.365. The number of aromatic nitrogens is 4. The predicted octanol–water partition coefficient (Wildman–Crippen LogP) is 2.23. The summed E-state index contributed by atoms with van der Waals surface area (Å²) >= 11 is 5.70. The molecule has 1 aromatic carbocycles. The Morgan fingerprint density at radius 1 is 1.15 bits per heavy atom. The summed E-state index contributed by atoms with van der Waals surface area (Å²) in [6, 6.07) is 9.92. The number of hydrogen-bond donors (Lipinski definition) is 0. The zero-order chi connectivity index (χ0) is 18.9. The molecule has 0 unspecified atom stereocenters. The molecule has 0 fully saturated rings. The number of nitro groups is 1. The molecule has 134 valence electrons. The molecule has 0 aliphatic rings. The Hall–Kier alpha value is -3.05. The Balaban J connectivity index is 2.08. The van der Waals surface area contributed by atoms with Crippen LogP contribution in [0.4, 0.5) is 5.69 Å². The first-order valence-electron chi connectivity index (χ1n) is 6.97. The Bertz CT molecular complexity index is 1060. The number of hydrogen-bond acceptors (Lipinski definition) is 8. The SMILES string of the molecule is CS(=O)(=O)Oc1cc(-c2ccc([N+](=O)[O-])cc2)nn1-c1ccc(Cl)nn1. The minimum Gasteiger partial charge on any atom is -0.362 e. The smallest absolute Gasteiger partial charge is 0.307 e. The van der Waals surface area contributed by atoms with Gasteiger partial charge in [0, 0.05) is 23.8 Å². The average molecular weight is 396 g/mol. The van der Waals surface area contributed by atoms with E-state index < -0.39 is 15.0 Å². The summed E-state index contributed by atoms with van der Waals surface area (Å²) in [6.45, 7) is 0. The van der Waals surface area contributed by atoms with Crippen LogP contribution in [0.25, 0.3) is 17.1 Å². The predicted molar refractivity (Wildman–Crippen MR) is 91.7 cm³/mol. The maximum Gasteiger partial charge on any atom is 0.307 e. The molecule has 2 aromatic heterocycles. The van der Waals surface area contributed by atoms with E-state index in [1.807, 2.05) is 0 Å². The van der Waals surface area contributed by atoms with E-state index >= 15 is 0 Å². The molecule has 12 heteroatoms. The molecule has 0 saturated heterocycles. The second-order valence-electron chi connectivity index (χ2n) is 5.09. The minimum absolute atomic E-state index is 0.0793. The summed E-state index contributed by atoms with van der Waals surface area (Å²) in [5.41, 5.74) is 0.772. The highest BCUT2D eigenvalue weighted by atomic mass is 35.5. The van der Waals surface area contributed by atoms with Crippen molar-refractivity contribution in [3.63, 3.8) is 0 Å². The lowest BCUT2D eigenvalue weighted by molar-refractivity contribution is -0.384. The van der Waals surface area contributed by atoms with Crippen LogP contribution >= 0.6 is 11.6 Å². The van der Waals surface area contributed by atoms with Gasteiger partial charge >= 0.3 is 10.1 Å². The average Bonchev–Trinajstić information content (AvgIpc) is 2.97. The lowest BCUT2D eigenvalue weighted by Crippen LogP contribution is -2.11. The normalized spacial score (nSPS) is 11.3. The van der Waals surface area contributed by atoms with Gasteiger partial charge < -0.3 is 4.18 Å². The lowest BCUT2D eigenvalue weighted by atomic mass is 10.1. The number of rotatable bonds is 5. The largest absolute Gasteiger partial charge is 0.362 e. The van der Waals surface area contributed by atoms with Crippen LogP contribution in [0.1, 0.15) is 0 Å². The zero-order valence-electron chi connectivity index (χ0n) is 13.1. The Kier molecular flexibility index (Phi) is 4.57. The highest BCUT2D eigenvalue weighted by Gasteiger charge is 2.18. The number of halogens is 1. The van der Waals surface area contributed by atoms with E-state index in [0.717, 1.165) is 10.9 Å². The summed E-state index contributed by atoms with van der Waals surface area (Å²) < 4.78 is 29.1. The fourth-order valence-electron chi connectivity index (χ4n) is 2.06. The molecule has 0 bridgehead atoms. The molecule has 10 nitrogen and oxygen atoms in total. The molecule has 0 aliphatic heterocycles. The van der Waals surface area contributed by atoms with E-state index in [1.165, 1.54) is 42.5 Å². The van der Waals surface area contributed by atoms with Crippen LogP contribution in [0.3, 0.4) is 0 Å². The second-order valence-corrected chi connectivity index (χ2v) is 7.05. The van der Waals surface area contributed by atoms with Crippen molar-refractivity contribution in [3.05, 3.63) is 57.7 Å². The third-order valence-corrected chi connectivity index (χ3v) is 3.80. The van der Waals surface area contributed by atoms with Gasteiger partial charge in [-0.25, -0.2) is 0 Å². The first kappa shape index (κ1) is 17.8. The minimum atomic E-state index is -3.83. The van der Waals surface area contributed by atoms with Crippen LogP contribution in [0.15, 0.2) is 42.5 Å². The Morgan fingerprint density at radius 3 is 2.38 bits per heavy atom. The molecular formula is C14H10ClN5O5S. The van der Waals surface area contributed by atoms with Crippen molar-refractivity contribution < 1.29 is 17.5 Å². The maximum atomic E-state index is 11.5. The molecule has 3 rings (SSSR count). The summed E-state index contributed by atoms with van der Waals surface area (Å²) in [5, 5.41) is 22.7. The van der Waals surface area contributed by atoms with Gasteiger partial charge in [0.05, 0.1) is 16.9 Å². The summed E-state index contributed by atoms with van der Waals surface area (Å²) in [5.74, 6) is 0.0682. The molecular weight excluding hydrogens is 386 g/mol. The van der Waals surface area contributed by atoms with Gasteiger partial charge in [-0.15, -0.1) is 10.2 Å². The van der Waals surface area contributed by atoms with Crippen LogP contribution in [-0.4, -0.2) is 39.6 Å². The number of nitrogens with zero attached hydrogens (tertiary/aromatic N) is 5. The van der Waals surface area contributed by atoms with Crippen LogP contribution in [-0.2, 0) is 10.1 Å². The second kappa shape index (κ2) is 6.69. The summed E-state index contributed by atoms with van der Waals surface area (Å²) in [4.78, 5) is 10.2. The first-order valence-corrected chi connectivity index (χ1v) is 9.16.